The van der Waals surface area contributed by atoms with E-state index >= 15 is 0 Å². The maximum atomic E-state index is 11.4. The van der Waals surface area contributed by atoms with Crippen LogP contribution >= 0.6 is 0 Å². The number of ether oxygens (including phenoxy) is 2. The quantitative estimate of drug-likeness (QED) is 0.370. The summed E-state index contributed by atoms with van der Waals surface area (Å²) >= 11 is 0. The van der Waals surface area contributed by atoms with E-state index in [1.165, 1.54) is 14.2 Å². The number of hydrogen-bond donors (Lipinski definition) is 0. The van der Waals surface area contributed by atoms with Crippen molar-refractivity contribution in [1.29, 1.82) is 0 Å². The minimum atomic E-state index is -0.563. The first-order chi connectivity index (χ1) is 8.01. The average Bonchev–Trinajstić information content (AvgIpc) is 2.31. The summed E-state index contributed by atoms with van der Waals surface area (Å²) in [4.78, 5) is 28.1. The second-order valence-corrected chi connectivity index (χ2v) is 3.74. The largest absolute Gasteiger partial charge is 0.469 e. The zero-order valence-electron chi connectivity index (χ0n) is 10.8. The van der Waals surface area contributed by atoms with Crippen LogP contribution in [0.4, 0.5) is 0 Å². The van der Waals surface area contributed by atoms with Gasteiger partial charge < -0.3 is 14.4 Å². The van der Waals surface area contributed by atoms with E-state index in [4.69, 9.17) is 0 Å². The predicted octanol–water partition coefficient (Wildman–Crippen LogP) is 0.461. The Bertz CT molecular complexity index is 277. The molecule has 98 valence electrons. The summed E-state index contributed by atoms with van der Waals surface area (Å²) in [5, 5.41) is 0. The van der Waals surface area contributed by atoms with E-state index in [-0.39, 0.29) is 12.4 Å². The highest BCUT2D eigenvalue weighted by molar-refractivity contribution is 5.77. The van der Waals surface area contributed by atoms with E-state index in [0.29, 0.717) is 12.8 Å². The molecule has 0 aromatic carbocycles. The van der Waals surface area contributed by atoms with Crippen molar-refractivity contribution >= 4 is 18.3 Å². The summed E-state index contributed by atoms with van der Waals surface area (Å²) in [5.41, 5.74) is 0. The van der Waals surface area contributed by atoms with Gasteiger partial charge in [0.05, 0.1) is 20.6 Å². The third kappa shape index (κ3) is 7.32. The number of nitrogens with zero attached hydrogens (tertiary/aromatic N) is 2. The fraction of sp³-hybridized carbons (Fsp3) is 0.727. The number of methoxy groups -OCH3 is 2. The molecule has 0 aliphatic carbocycles. The number of carbonyl (C=O) groups is 2. The molecule has 1 unspecified atom stereocenters. The molecule has 0 aliphatic heterocycles. The molecule has 0 aromatic heterocycles. The van der Waals surface area contributed by atoms with Crippen LogP contribution in [-0.2, 0) is 19.1 Å². The summed E-state index contributed by atoms with van der Waals surface area (Å²) in [6.45, 7) is 0. The first-order valence-corrected chi connectivity index (χ1v) is 5.35. The summed E-state index contributed by atoms with van der Waals surface area (Å²) < 4.78 is 9.16. The van der Waals surface area contributed by atoms with Gasteiger partial charge in [0.1, 0.15) is 6.04 Å². The third-order valence-corrected chi connectivity index (χ3v) is 2.04. The molecule has 0 rings (SSSR count). The van der Waals surface area contributed by atoms with Crippen LogP contribution in [0.25, 0.3) is 0 Å². The highest BCUT2D eigenvalue weighted by Gasteiger charge is 2.17. The maximum Gasteiger partial charge on any atom is 0.330 e. The summed E-state index contributed by atoms with van der Waals surface area (Å²) in [6, 6.07) is -0.563. The van der Waals surface area contributed by atoms with Crippen molar-refractivity contribution in [1.82, 2.24) is 4.90 Å². The lowest BCUT2D eigenvalue weighted by molar-refractivity contribution is -0.143. The standard InChI is InChI=1S/C11H20N2O4/c1-13(2)8-12-9(11(15)17-4)6-5-7-10(14)16-3/h8-9H,5-7H2,1-4H3. The van der Waals surface area contributed by atoms with Crippen molar-refractivity contribution in [3.8, 4) is 0 Å². The van der Waals surface area contributed by atoms with Gasteiger partial charge in [-0.3, -0.25) is 9.79 Å². The Kier molecular flexibility index (Phi) is 7.75. The van der Waals surface area contributed by atoms with Crippen LogP contribution < -0.4 is 0 Å². The second kappa shape index (κ2) is 8.55. The minimum Gasteiger partial charge on any atom is -0.469 e. The highest BCUT2D eigenvalue weighted by atomic mass is 16.5. The zero-order valence-corrected chi connectivity index (χ0v) is 10.8. The van der Waals surface area contributed by atoms with Gasteiger partial charge in [-0.15, -0.1) is 0 Å². The molecule has 0 saturated heterocycles. The lowest BCUT2D eigenvalue weighted by Crippen LogP contribution is -2.22. The Morgan fingerprint density at radius 2 is 1.94 bits per heavy atom. The van der Waals surface area contributed by atoms with Crippen molar-refractivity contribution in [2.45, 2.75) is 25.3 Å². The number of esters is 2. The van der Waals surface area contributed by atoms with E-state index in [2.05, 4.69) is 14.5 Å². The topological polar surface area (TPSA) is 68.2 Å². The first kappa shape index (κ1) is 15.4. The highest BCUT2D eigenvalue weighted by Crippen LogP contribution is 2.07. The molecule has 0 saturated carbocycles. The van der Waals surface area contributed by atoms with Crippen molar-refractivity contribution in [2.24, 2.45) is 4.99 Å². The lowest BCUT2D eigenvalue weighted by atomic mass is 10.1. The molecule has 0 aromatic rings. The number of rotatable bonds is 7. The van der Waals surface area contributed by atoms with Gasteiger partial charge in [0.25, 0.3) is 0 Å². The molecule has 1 atom stereocenters. The predicted molar refractivity (Wildman–Crippen MR) is 63.9 cm³/mol. The van der Waals surface area contributed by atoms with Crippen LogP contribution in [0.15, 0.2) is 4.99 Å². The Hall–Kier alpha value is -1.59. The van der Waals surface area contributed by atoms with E-state index in [0.717, 1.165) is 0 Å². The molecule has 6 heteroatoms. The zero-order chi connectivity index (χ0) is 13.3. The molecule has 0 aliphatic rings. The van der Waals surface area contributed by atoms with Crippen molar-refractivity contribution in [3.63, 3.8) is 0 Å². The van der Waals surface area contributed by atoms with E-state index in [9.17, 15) is 9.59 Å². The van der Waals surface area contributed by atoms with Crippen molar-refractivity contribution in [2.75, 3.05) is 28.3 Å². The SMILES string of the molecule is COC(=O)CCCC(N=CN(C)C)C(=O)OC. The van der Waals surface area contributed by atoms with Crippen molar-refractivity contribution < 1.29 is 19.1 Å². The number of carbonyl (C=O) groups excluding carboxylic acids is 2. The normalized spacial score (nSPS) is 12.2. The molecular formula is C11H20N2O4. The Balaban J connectivity index is 4.20. The van der Waals surface area contributed by atoms with Crippen molar-refractivity contribution in [3.05, 3.63) is 0 Å². The molecule has 0 radical (unpaired) electrons. The van der Waals surface area contributed by atoms with Crippen LogP contribution in [0.3, 0.4) is 0 Å². The second-order valence-electron chi connectivity index (χ2n) is 3.74. The smallest absolute Gasteiger partial charge is 0.330 e. The maximum absolute atomic E-state index is 11.4. The fourth-order valence-electron chi connectivity index (χ4n) is 1.14. The summed E-state index contributed by atoms with van der Waals surface area (Å²) in [7, 11) is 6.28. The molecule has 0 bridgehead atoms. The van der Waals surface area contributed by atoms with Crippen LogP contribution in [0, 0.1) is 0 Å². The lowest BCUT2D eigenvalue weighted by Gasteiger charge is -2.11. The van der Waals surface area contributed by atoms with Crippen LogP contribution in [-0.4, -0.2) is 57.5 Å². The summed E-state index contributed by atoms with van der Waals surface area (Å²) in [6.07, 6.45) is 2.84. The Morgan fingerprint density at radius 1 is 1.29 bits per heavy atom. The Morgan fingerprint density at radius 3 is 2.41 bits per heavy atom. The molecule has 0 fully saturated rings. The fourth-order valence-corrected chi connectivity index (χ4v) is 1.14. The molecule has 17 heavy (non-hydrogen) atoms. The molecule has 6 nitrogen and oxygen atoms in total. The van der Waals surface area contributed by atoms with Gasteiger partial charge in [-0.05, 0) is 12.8 Å². The van der Waals surface area contributed by atoms with Gasteiger partial charge >= 0.3 is 11.9 Å². The molecule has 0 N–H and O–H groups in total. The molecule has 0 heterocycles. The Labute approximate surface area is 102 Å². The van der Waals surface area contributed by atoms with Gasteiger partial charge in [0.15, 0.2) is 0 Å². The van der Waals surface area contributed by atoms with Gasteiger partial charge in [0.2, 0.25) is 0 Å². The van der Waals surface area contributed by atoms with Gasteiger partial charge in [0, 0.05) is 20.5 Å². The molecule has 0 amide bonds. The van der Waals surface area contributed by atoms with Gasteiger partial charge in [-0.25, -0.2) is 4.79 Å². The third-order valence-electron chi connectivity index (χ3n) is 2.04. The van der Waals surface area contributed by atoms with E-state index in [1.54, 1.807) is 11.2 Å². The van der Waals surface area contributed by atoms with E-state index < -0.39 is 12.0 Å². The monoisotopic (exact) mass is 244 g/mol. The minimum absolute atomic E-state index is 0.279. The average molecular weight is 244 g/mol. The first-order valence-electron chi connectivity index (χ1n) is 5.35. The van der Waals surface area contributed by atoms with E-state index in [1.807, 2.05) is 14.1 Å². The number of hydrogen-bond acceptors (Lipinski definition) is 5. The molecular weight excluding hydrogens is 224 g/mol. The van der Waals surface area contributed by atoms with Crippen LogP contribution in [0.1, 0.15) is 19.3 Å². The van der Waals surface area contributed by atoms with Gasteiger partial charge in [-0.2, -0.15) is 0 Å². The van der Waals surface area contributed by atoms with Crippen LogP contribution in [0.5, 0.6) is 0 Å². The number of aliphatic imine (C=N–C) groups is 1. The van der Waals surface area contributed by atoms with Crippen LogP contribution in [0.2, 0.25) is 0 Å². The summed E-state index contributed by atoms with van der Waals surface area (Å²) in [5.74, 6) is -0.682. The molecule has 0 spiro atoms. The van der Waals surface area contributed by atoms with Gasteiger partial charge in [-0.1, -0.05) is 0 Å².